The van der Waals surface area contributed by atoms with E-state index >= 15 is 0 Å². The van der Waals surface area contributed by atoms with Gasteiger partial charge in [-0.3, -0.25) is 0 Å². The van der Waals surface area contributed by atoms with Gasteiger partial charge in [-0.1, -0.05) is 26.7 Å². The first-order valence-corrected chi connectivity index (χ1v) is 8.62. The molecule has 1 heterocycles. The van der Waals surface area contributed by atoms with E-state index in [4.69, 9.17) is 0 Å². The average molecular weight is 264 g/mol. The van der Waals surface area contributed by atoms with Crippen molar-refractivity contribution >= 4 is 0 Å². The van der Waals surface area contributed by atoms with Crippen molar-refractivity contribution in [2.24, 2.45) is 11.3 Å². The van der Waals surface area contributed by atoms with Gasteiger partial charge in [0.2, 0.25) is 0 Å². The van der Waals surface area contributed by atoms with Gasteiger partial charge in [0.05, 0.1) is 0 Å². The molecule has 0 spiro atoms. The molecule has 1 saturated heterocycles. The molecule has 2 N–H and O–H groups in total. The maximum Gasteiger partial charge on any atom is 0.0195 e. The van der Waals surface area contributed by atoms with E-state index in [2.05, 4.69) is 24.5 Å². The van der Waals surface area contributed by atoms with Crippen molar-refractivity contribution in [3.63, 3.8) is 0 Å². The van der Waals surface area contributed by atoms with Crippen LogP contribution in [-0.4, -0.2) is 24.7 Å². The molecule has 4 unspecified atom stereocenters. The summed E-state index contributed by atoms with van der Waals surface area (Å²) in [4.78, 5) is 0. The van der Waals surface area contributed by atoms with E-state index in [0.29, 0.717) is 5.41 Å². The Morgan fingerprint density at radius 3 is 2.68 bits per heavy atom. The molecule has 2 aliphatic carbocycles. The van der Waals surface area contributed by atoms with Gasteiger partial charge in [0.15, 0.2) is 0 Å². The van der Waals surface area contributed by atoms with Crippen molar-refractivity contribution in [3.8, 4) is 0 Å². The predicted molar refractivity (Wildman–Crippen MR) is 81.3 cm³/mol. The third-order valence-corrected chi connectivity index (χ3v) is 5.87. The average Bonchev–Trinajstić information content (AvgIpc) is 2.76. The Labute approximate surface area is 119 Å². The molecular formula is C17H32N2. The monoisotopic (exact) mass is 264 g/mol. The summed E-state index contributed by atoms with van der Waals surface area (Å²) in [6.07, 6.45) is 12.8. The maximum atomic E-state index is 3.94. The number of fused-ring (bicyclic) bond motifs is 1. The van der Waals surface area contributed by atoms with E-state index in [9.17, 15) is 0 Å². The zero-order chi connectivity index (χ0) is 13.3. The van der Waals surface area contributed by atoms with E-state index in [1.807, 2.05) is 0 Å². The quantitative estimate of drug-likeness (QED) is 0.815. The highest BCUT2D eigenvalue weighted by Gasteiger charge is 2.33. The molecule has 110 valence electrons. The lowest BCUT2D eigenvalue weighted by molar-refractivity contribution is 0.172. The van der Waals surface area contributed by atoms with Gasteiger partial charge in [0.1, 0.15) is 0 Å². The highest BCUT2D eigenvalue weighted by molar-refractivity contribution is 4.92. The molecule has 0 bridgehead atoms. The van der Waals surface area contributed by atoms with Gasteiger partial charge >= 0.3 is 0 Å². The largest absolute Gasteiger partial charge is 0.312 e. The van der Waals surface area contributed by atoms with Crippen LogP contribution < -0.4 is 10.6 Å². The molecule has 3 rings (SSSR count). The standard InChI is InChI=1S/C17H32N2/c1-17(2)10-9-14(11-17)18-12-15-8-7-13-5-3-4-6-16(13)19-15/h13-16,18-19H,3-12H2,1-2H3. The van der Waals surface area contributed by atoms with Gasteiger partial charge in [-0.05, 0) is 56.3 Å². The third-order valence-electron chi connectivity index (χ3n) is 5.87. The molecule has 0 radical (unpaired) electrons. The molecule has 4 atom stereocenters. The fourth-order valence-electron chi connectivity index (χ4n) is 4.65. The van der Waals surface area contributed by atoms with Crippen LogP contribution in [0, 0.1) is 11.3 Å². The predicted octanol–water partition coefficient (Wildman–Crippen LogP) is 3.47. The Kier molecular flexibility index (Phi) is 4.19. The topological polar surface area (TPSA) is 24.1 Å². The smallest absolute Gasteiger partial charge is 0.0195 e. The maximum absolute atomic E-state index is 3.94. The first-order chi connectivity index (χ1) is 9.12. The molecular weight excluding hydrogens is 232 g/mol. The molecule has 0 aromatic heterocycles. The van der Waals surface area contributed by atoms with Crippen LogP contribution in [0.2, 0.25) is 0 Å². The molecule has 2 saturated carbocycles. The zero-order valence-corrected chi connectivity index (χ0v) is 12.9. The number of nitrogens with one attached hydrogen (secondary N) is 2. The highest BCUT2D eigenvalue weighted by Crippen LogP contribution is 2.37. The molecule has 19 heavy (non-hydrogen) atoms. The Morgan fingerprint density at radius 1 is 1.05 bits per heavy atom. The SMILES string of the molecule is CC1(C)CCC(NCC2CCC3CCCCC3N2)C1. The van der Waals surface area contributed by atoms with Crippen molar-refractivity contribution in [2.45, 2.75) is 89.8 Å². The Balaban J connectivity index is 1.41. The second-order valence-corrected chi connectivity index (χ2v) is 8.10. The Morgan fingerprint density at radius 2 is 1.89 bits per heavy atom. The fraction of sp³-hybridized carbons (Fsp3) is 1.00. The molecule has 1 aliphatic heterocycles. The summed E-state index contributed by atoms with van der Waals surface area (Å²) in [5.74, 6) is 0.996. The van der Waals surface area contributed by atoms with Crippen LogP contribution in [0.25, 0.3) is 0 Å². The van der Waals surface area contributed by atoms with E-state index in [0.717, 1.165) is 24.0 Å². The summed E-state index contributed by atoms with van der Waals surface area (Å²) in [5.41, 5.74) is 0.576. The van der Waals surface area contributed by atoms with Crippen LogP contribution in [0.15, 0.2) is 0 Å². The molecule has 0 aromatic carbocycles. The first kappa shape index (κ1) is 13.9. The second-order valence-electron chi connectivity index (χ2n) is 8.10. The summed E-state index contributed by atoms with van der Waals surface area (Å²) in [6, 6.07) is 2.36. The first-order valence-electron chi connectivity index (χ1n) is 8.62. The van der Waals surface area contributed by atoms with E-state index in [1.54, 1.807) is 0 Å². The zero-order valence-electron chi connectivity index (χ0n) is 12.9. The van der Waals surface area contributed by atoms with E-state index in [-0.39, 0.29) is 0 Å². The van der Waals surface area contributed by atoms with Crippen LogP contribution in [0.3, 0.4) is 0 Å². The van der Waals surface area contributed by atoms with Crippen molar-refractivity contribution in [3.05, 3.63) is 0 Å². The molecule has 0 amide bonds. The summed E-state index contributed by atoms with van der Waals surface area (Å²) >= 11 is 0. The molecule has 0 aromatic rings. The molecule has 2 nitrogen and oxygen atoms in total. The van der Waals surface area contributed by atoms with Gasteiger partial charge in [0, 0.05) is 24.7 Å². The summed E-state index contributed by atoms with van der Waals surface area (Å²) < 4.78 is 0. The van der Waals surface area contributed by atoms with E-state index < -0.39 is 0 Å². The highest BCUT2D eigenvalue weighted by atomic mass is 15.0. The Bertz CT molecular complexity index is 300. The van der Waals surface area contributed by atoms with Gasteiger partial charge < -0.3 is 10.6 Å². The van der Waals surface area contributed by atoms with Gasteiger partial charge in [-0.25, -0.2) is 0 Å². The summed E-state index contributed by atoms with van der Waals surface area (Å²) in [5, 5.41) is 7.78. The molecule has 2 heteroatoms. The van der Waals surface area contributed by atoms with Crippen LogP contribution in [0.1, 0.15) is 71.6 Å². The molecule has 3 fully saturated rings. The van der Waals surface area contributed by atoms with Gasteiger partial charge in [0.25, 0.3) is 0 Å². The van der Waals surface area contributed by atoms with Crippen molar-refractivity contribution < 1.29 is 0 Å². The number of rotatable bonds is 3. The van der Waals surface area contributed by atoms with Crippen LogP contribution in [-0.2, 0) is 0 Å². The fourth-order valence-corrected chi connectivity index (χ4v) is 4.65. The number of hydrogen-bond acceptors (Lipinski definition) is 2. The lowest BCUT2D eigenvalue weighted by atomic mass is 9.78. The Hall–Kier alpha value is -0.0800. The van der Waals surface area contributed by atoms with Gasteiger partial charge in [-0.2, -0.15) is 0 Å². The minimum absolute atomic E-state index is 0.576. The van der Waals surface area contributed by atoms with E-state index in [1.165, 1.54) is 64.3 Å². The lowest BCUT2D eigenvalue weighted by Gasteiger charge is -2.41. The van der Waals surface area contributed by atoms with Gasteiger partial charge in [-0.15, -0.1) is 0 Å². The minimum Gasteiger partial charge on any atom is -0.312 e. The van der Waals surface area contributed by atoms with Crippen molar-refractivity contribution in [1.29, 1.82) is 0 Å². The second kappa shape index (κ2) is 5.73. The van der Waals surface area contributed by atoms with Crippen molar-refractivity contribution in [1.82, 2.24) is 10.6 Å². The van der Waals surface area contributed by atoms with Crippen LogP contribution in [0.5, 0.6) is 0 Å². The summed E-state index contributed by atoms with van der Waals surface area (Å²) in [6.45, 7) is 6.03. The molecule has 3 aliphatic rings. The number of hydrogen-bond donors (Lipinski definition) is 2. The lowest BCUT2D eigenvalue weighted by Crippen LogP contribution is -2.53. The third kappa shape index (κ3) is 3.52. The minimum atomic E-state index is 0.576. The van der Waals surface area contributed by atoms with Crippen LogP contribution >= 0.6 is 0 Å². The normalized spacial score (nSPS) is 42.0. The van der Waals surface area contributed by atoms with Crippen LogP contribution in [0.4, 0.5) is 0 Å². The summed E-state index contributed by atoms with van der Waals surface area (Å²) in [7, 11) is 0. The van der Waals surface area contributed by atoms with Crippen molar-refractivity contribution in [2.75, 3.05) is 6.54 Å². The number of piperidine rings is 1.